The van der Waals surface area contributed by atoms with Gasteiger partial charge in [-0.1, -0.05) is 21.9 Å². The highest BCUT2D eigenvalue weighted by atomic mass is 19.1. The number of hydrogen-bond acceptors (Lipinski definition) is 4. The van der Waals surface area contributed by atoms with E-state index < -0.39 is 0 Å². The van der Waals surface area contributed by atoms with Gasteiger partial charge in [-0.15, -0.1) is 0 Å². The summed E-state index contributed by atoms with van der Waals surface area (Å²) in [7, 11) is 8.86. The minimum atomic E-state index is -0.306. The van der Waals surface area contributed by atoms with Gasteiger partial charge in [0.2, 0.25) is 0 Å². The lowest BCUT2D eigenvalue weighted by molar-refractivity contribution is 0.102. The molecule has 6 nitrogen and oxygen atoms in total. The number of fused-ring (bicyclic) bond motifs is 1. The van der Waals surface area contributed by atoms with Gasteiger partial charge in [0.25, 0.3) is 5.91 Å². The van der Waals surface area contributed by atoms with Crippen molar-refractivity contribution in [3.05, 3.63) is 47.9 Å². The second-order valence-electron chi connectivity index (χ2n) is 7.88. The normalized spacial score (nSPS) is 11.1. The van der Waals surface area contributed by atoms with E-state index in [2.05, 4.69) is 20.3 Å². The predicted octanol–water partition coefficient (Wildman–Crippen LogP) is -3.24. The number of hydrogen-bond donors (Lipinski definition) is 1. The molecule has 0 unspecified atom stereocenters. The largest absolute Gasteiger partial charge is 0.331 e. The summed E-state index contributed by atoms with van der Waals surface area (Å²) in [5.74, 6) is 0.753. The first-order valence-corrected chi connectivity index (χ1v) is 10.0. The molecule has 0 saturated carbocycles. The quantitative estimate of drug-likeness (QED) is 0.362. The van der Waals surface area contributed by atoms with Crippen molar-refractivity contribution in [2.45, 2.75) is 6.92 Å². The van der Waals surface area contributed by atoms with Crippen LogP contribution in [-0.4, -0.2) is 56.8 Å². The number of nitrogens with zero attached hydrogens (tertiary/aromatic N) is 4. The third-order valence-electron chi connectivity index (χ3n) is 6.09. The summed E-state index contributed by atoms with van der Waals surface area (Å²) in [5, 5.41) is 3.71. The summed E-state index contributed by atoms with van der Waals surface area (Å²) >= 11 is 0. The number of carbonyl (C=O) groups excluding carboxylic acids is 1. The molecule has 0 aliphatic heterocycles. The van der Waals surface area contributed by atoms with Crippen LogP contribution in [0.25, 0.3) is 22.2 Å². The van der Waals surface area contributed by atoms with E-state index in [0.29, 0.717) is 33.2 Å². The molecule has 31 heavy (non-hydrogen) atoms. The van der Waals surface area contributed by atoms with Gasteiger partial charge in [0.15, 0.2) is 0 Å². The molecule has 0 spiro atoms. The standard InChI is InChI=1S/C20H20B4FN5O/c1-8-26-7-12(30(8)2)10-3-9-4-13(28-6-11(9)27-5-10)29-20(31)14-15(21)17(23)19(25)18(24)16(14)22/h3-7H,21-24H2,1-2H3,(H,28,29,31). The number of halogens is 1. The third-order valence-corrected chi connectivity index (χ3v) is 6.09. The molecule has 1 amide bonds. The maximum absolute atomic E-state index is 14.3. The summed E-state index contributed by atoms with van der Waals surface area (Å²) in [6.45, 7) is 1.94. The lowest BCUT2D eigenvalue weighted by atomic mass is 9.66. The Kier molecular flexibility index (Phi) is 5.21. The van der Waals surface area contributed by atoms with Gasteiger partial charge in [-0.2, -0.15) is 0 Å². The van der Waals surface area contributed by atoms with E-state index in [-0.39, 0.29) is 11.7 Å². The van der Waals surface area contributed by atoms with Crippen LogP contribution in [0.2, 0.25) is 0 Å². The Labute approximate surface area is 183 Å². The summed E-state index contributed by atoms with van der Waals surface area (Å²) < 4.78 is 16.3. The van der Waals surface area contributed by atoms with Crippen LogP contribution in [0.1, 0.15) is 16.2 Å². The molecule has 0 aliphatic rings. The SMILES string of the molecule is Bc1c(B)c(C(=O)Nc2cc3cc(-c4cnc(C)n4C)cnc3cn2)c(B)c(B)c1F. The first kappa shape index (κ1) is 20.9. The Balaban J connectivity index is 1.71. The molecule has 150 valence electrons. The van der Waals surface area contributed by atoms with E-state index in [4.69, 9.17) is 0 Å². The fraction of sp³-hybridized carbons (Fsp3) is 0.100. The molecule has 0 radical (unpaired) electrons. The summed E-state index contributed by atoms with van der Waals surface area (Å²) in [6, 6.07) is 3.79. The molecule has 3 aromatic heterocycles. The fourth-order valence-corrected chi connectivity index (χ4v) is 3.80. The zero-order valence-corrected chi connectivity index (χ0v) is 18.5. The third kappa shape index (κ3) is 3.54. The Morgan fingerprint density at radius 1 is 0.968 bits per heavy atom. The highest BCUT2D eigenvalue weighted by Gasteiger charge is 2.19. The van der Waals surface area contributed by atoms with Gasteiger partial charge in [-0.3, -0.25) is 9.78 Å². The number of anilines is 1. The summed E-state index contributed by atoms with van der Waals surface area (Å²) in [6.07, 6.45) is 5.23. The number of carbonyl (C=O) groups is 1. The van der Waals surface area contributed by atoms with Crippen molar-refractivity contribution in [1.29, 1.82) is 0 Å². The maximum Gasteiger partial charge on any atom is 0.255 e. The van der Waals surface area contributed by atoms with Gasteiger partial charge >= 0.3 is 0 Å². The van der Waals surface area contributed by atoms with Crippen molar-refractivity contribution in [3.63, 3.8) is 0 Å². The lowest BCUT2D eigenvalue weighted by Gasteiger charge is -2.17. The van der Waals surface area contributed by atoms with Gasteiger partial charge in [0.1, 0.15) is 48.8 Å². The molecule has 11 heteroatoms. The first-order valence-electron chi connectivity index (χ1n) is 10.0. The van der Waals surface area contributed by atoms with Crippen LogP contribution in [-0.2, 0) is 7.05 Å². The molecule has 0 fully saturated rings. The van der Waals surface area contributed by atoms with E-state index in [1.165, 1.54) is 0 Å². The second kappa shape index (κ2) is 7.72. The number of aryl methyl sites for hydroxylation is 1. The van der Waals surface area contributed by atoms with E-state index in [1.807, 2.05) is 30.8 Å². The molecule has 4 aromatic rings. The van der Waals surface area contributed by atoms with Crippen molar-refractivity contribution in [2.75, 3.05) is 5.32 Å². The van der Waals surface area contributed by atoms with Crippen molar-refractivity contribution in [2.24, 2.45) is 7.05 Å². The molecule has 1 aromatic carbocycles. The van der Waals surface area contributed by atoms with Crippen LogP contribution in [0.4, 0.5) is 10.2 Å². The van der Waals surface area contributed by atoms with Gasteiger partial charge in [-0.25, -0.2) is 14.4 Å². The van der Waals surface area contributed by atoms with Crippen LogP contribution in [0.5, 0.6) is 0 Å². The Hall–Kier alpha value is -3.35. The number of pyridine rings is 2. The molecule has 0 saturated heterocycles. The van der Waals surface area contributed by atoms with Crippen molar-refractivity contribution in [3.8, 4) is 11.3 Å². The molecule has 3 heterocycles. The number of aromatic nitrogens is 4. The minimum absolute atomic E-state index is 0.264. The highest BCUT2D eigenvalue weighted by molar-refractivity contribution is 6.59. The van der Waals surface area contributed by atoms with Gasteiger partial charge < -0.3 is 9.88 Å². The molecule has 0 atom stereocenters. The predicted molar refractivity (Wildman–Crippen MR) is 134 cm³/mol. The van der Waals surface area contributed by atoms with E-state index in [9.17, 15) is 9.18 Å². The number of rotatable bonds is 3. The van der Waals surface area contributed by atoms with Crippen molar-refractivity contribution < 1.29 is 9.18 Å². The monoisotopic (exact) mass is 409 g/mol. The molecule has 4 rings (SSSR count). The Morgan fingerprint density at radius 3 is 2.26 bits per heavy atom. The van der Waals surface area contributed by atoms with E-state index >= 15 is 0 Å². The molecule has 0 bridgehead atoms. The van der Waals surface area contributed by atoms with Crippen molar-refractivity contribution >= 4 is 75.9 Å². The minimum Gasteiger partial charge on any atom is -0.331 e. The molecular formula is C20H20B4FN5O. The zero-order chi connectivity index (χ0) is 22.4. The summed E-state index contributed by atoms with van der Waals surface area (Å²) in [5.41, 5.74) is 5.33. The van der Waals surface area contributed by atoms with E-state index in [0.717, 1.165) is 28.0 Å². The second-order valence-corrected chi connectivity index (χ2v) is 7.88. The number of imidazole rings is 1. The number of amides is 1. The lowest BCUT2D eigenvalue weighted by Crippen LogP contribution is -2.49. The van der Waals surface area contributed by atoms with Crippen molar-refractivity contribution in [1.82, 2.24) is 19.5 Å². The average molecular weight is 409 g/mol. The summed E-state index contributed by atoms with van der Waals surface area (Å²) in [4.78, 5) is 26.2. The number of benzene rings is 1. The van der Waals surface area contributed by atoms with Crippen LogP contribution in [0.3, 0.4) is 0 Å². The van der Waals surface area contributed by atoms with Crippen LogP contribution in [0.15, 0.2) is 30.7 Å². The maximum atomic E-state index is 14.3. The topological polar surface area (TPSA) is 72.7 Å². The Morgan fingerprint density at radius 2 is 1.65 bits per heavy atom. The molecule has 1 N–H and O–H groups in total. The first-order chi connectivity index (χ1) is 14.7. The molecular weight excluding hydrogens is 389 g/mol. The van der Waals surface area contributed by atoms with Crippen LogP contribution >= 0.6 is 0 Å². The van der Waals surface area contributed by atoms with Gasteiger partial charge in [0, 0.05) is 29.8 Å². The van der Waals surface area contributed by atoms with Gasteiger partial charge in [0.05, 0.1) is 23.6 Å². The van der Waals surface area contributed by atoms with Crippen LogP contribution in [0, 0.1) is 12.7 Å². The molecule has 0 aliphatic carbocycles. The Bertz CT molecular complexity index is 1340. The smallest absolute Gasteiger partial charge is 0.255 e. The number of nitrogens with one attached hydrogen (secondary N) is 1. The van der Waals surface area contributed by atoms with Crippen LogP contribution < -0.4 is 27.2 Å². The fourth-order valence-electron chi connectivity index (χ4n) is 3.80. The van der Waals surface area contributed by atoms with E-state index in [1.54, 1.807) is 49.8 Å². The van der Waals surface area contributed by atoms with Gasteiger partial charge in [-0.05, 0) is 19.1 Å². The average Bonchev–Trinajstić information content (AvgIpc) is 3.09. The zero-order valence-electron chi connectivity index (χ0n) is 18.5. The highest BCUT2D eigenvalue weighted by Crippen LogP contribution is 2.24.